The van der Waals surface area contributed by atoms with Gasteiger partial charge >= 0.3 is 6.18 Å². The second-order valence-electron chi connectivity index (χ2n) is 5.79. The van der Waals surface area contributed by atoms with E-state index in [-0.39, 0.29) is 18.6 Å². The standard InChI is InChI=1S/C17H16BrF3N2O2/c18-13-2-3-15(11(7-13)10-24)23-6-5-14(9-23)25-16-4-1-12(8-22-16)17(19,20)21/h1-4,7-8,14,24H,5-6,9-10H2/t14-/m0/s1. The van der Waals surface area contributed by atoms with E-state index in [0.29, 0.717) is 6.54 Å². The Bertz CT molecular complexity index is 738. The molecule has 1 aliphatic heterocycles. The first kappa shape index (κ1) is 18.0. The van der Waals surface area contributed by atoms with Crippen LogP contribution in [0.1, 0.15) is 17.5 Å². The third-order valence-electron chi connectivity index (χ3n) is 4.05. The molecule has 8 heteroatoms. The molecule has 1 aromatic heterocycles. The van der Waals surface area contributed by atoms with Gasteiger partial charge in [-0.05, 0) is 24.3 Å². The lowest BCUT2D eigenvalue weighted by molar-refractivity contribution is -0.137. The second-order valence-corrected chi connectivity index (χ2v) is 6.70. The molecular weight excluding hydrogens is 401 g/mol. The summed E-state index contributed by atoms with van der Waals surface area (Å²) in [5.74, 6) is 0.179. The van der Waals surface area contributed by atoms with Gasteiger partial charge in [-0.2, -0.15) is 13.2 Å². The molecule has 4 nitrogen and oxygen atoms in total. The van der Waals surface area contributed by atoms with Crippen molar-refractivity contribution in [2.24, 2.45) is 0 Å². The van der Waals surface area contributed by atoms with E-state index < -0.39 is 11.7 Å². The number of aliphatic hydroxyl groups is 1. The molecule has 0 aliphatic carbocycles. The first-order valence-corrected chi connectivity index (χ1v) is 8.50. The van der Waals surface area contributed by atoms with Gasteiger partial charge < -0.3 is 14.7 Å². The molecule has 2 heterocycles. The van der Waals surface area contributed by atoms with Crippen molar-refractivity contribution in [3.05, 3.63) is 52.1 Å². The minimum absolute atomic E-state index is 0.0722. The van der Waals surface area contributed by atoms with Crippen LogP contribution in [0.25, 0.3) is 0 Å². The molecule has 0 spiro atoms. The summed E-state index contributed by atoms with van der Waals surface area (Å²) in [7, 11) is 0. The number of benzene rings is 1. The van der Waals surface area contributed by atoms with Crippen molar-refractivity contribution in [1.82, 2.24) is 4.98 Å². The fourth-order valence-electron chi connectivity index (χ4n) is 2.82. The van der Waals surface area contributed by atoms with Crippen LogP contribution < -0.4 is 9.64 Å². The highest BCUT2D eigenvalue weighted by Crippen LogP contribution is 2.31. The Balaban J connectivity index is 1.65. The fraction of sp³-hybridized carbons (Fsp3) is 0.353. The molecule has 1 fully saturated rings. The number of anilines is 1. The number of halogens is 4. The summed E-state index contributed by atoms with van der Waals surface area (Å²) in [4.78, 5) is 5.83. The molecule has 1 aliphatic rings. The Labute approximate surface area is 151 Å². The van der Waals surface area contributed by atoms with Crippen molar-refractivity contribution < 1.29 is 23.0 Å². The van der Waals surface area contributed by atoms with Gasteiger partial charge in [0.1, 0.15) is 6.10 Å². The molecule has 25 heavy (non-hydrogen) atoms. The second kappa shape index (κ2) is 7.21. The minimum atomic E-state index is -4.40. The zero-order chi connectivity index (χ0) is 18.0. The highest BCUT2D eigenvalue weighted by atomic mass is 79.9. The first-order chi connectivity index (χ1) is 11.9. The van der Waals surface area contributed by atoms with Crippen molar-refractivity contribution in [2.45, 2.75) is 25.3 Å². The molecule has 0 saturated carbocycles. The number of pyridine rings is 1. The van der Waals surface area contributed by atoms with Gasteiger partial charge in [0.05, 0.1) is 18.7 Å². The molecule has 1 N–H and O–H groups in total. The predicted octanol–water partition coefficient (Wildman–Crippen LogP) is 4.01. The molecule has 1 atom stereocenters. The quantitative estimate of drug-likeness (QED) is 0.817. The predicted molar refractivity (Wildman–Crippen MR) is 90.5 cm³/mol. The molecule has 3 rings (SSSR count). The lowest BCUT2D eigenvalue weighted by atomic mass is 10.2. The molecule has 1 aromatic carbocycles. The lowest BCUT2D eigenvalue weighted by Crippen LogP contribution is -2.25. The van der Waals surface area contributed by atoms with Crippen LogP contribution in [0.3, 0.4) is 0 Å². The highest BCUT2D eigenvalue weighted by Gasteiger charge is 2.31. The monoisotopic (exact) mass is 416 g/mol. The van der Waals surface area contributed by atoms with E-state index in [1.807, 2.05) is 18.2 Å². The van der Waals surface area contributed by atoms with Crippen LogP contribution in [0, 0.1) is 0 Å². The van der Waals surface area contributed by atoms with Crippen LogP contribution >= 0.6 is 15.9 Å². The first-order valence-electron chi connectivity index (χ1n) is 7.71. The third-order valence-corrected chi connectivity index (χ3v) is 4.54. The number of hydrogen-bond donors (Lipinski definition) is 1. The Morgan fingerprint density at radius 2 is 2.08 bits per heavy atom. The van der Waals surface area contributed by atoms with E-state index in [4.69, 9.17) is 4.74 Å². The van der Waals surface area contributed by atoms with E-state index in [2.05, 4.69) is 25.8 Å². The van der Waals surface area contributed by atoms with E-state index in [0.717, 1.165) is 41.0 Å². The summed E-state index contributed by atoms with van der Waals surface area (Å²) >= 11 is 3.38. The van der Waals surface area contributed by atoms with Gasteiger partial charge in [0, 0.05) is 41.0 Å². The van der Waals surface area contributed by atoms with E-state index in [1.165, 1.54) is 6.07 Å². The van der Waals surface area contributed by atoms with Gasteiger partial charge in [-0.25, -0.2) is 4.98 Å². The zero-order valence-corrected chi connectivity index (χ0v) is 14.7. The van der Waals surface area contributed by atoms with Crippen LogP contribution in [0.5, 0.6) is 5.88 Å². The summed E-state index contributed by atoms with van der Waals surface area (Å²) in [5.41, 5.74) is 0.940. The van der Waals surface area contributed by atoms with Gasteiger partial charge in [0.25, 0.3) is 0 Å². The Morgan fingerprint density at radius 1 is 1.28 bits per heavy atom. The number of hydrogen-bond acceptors (Lipinski definition) is 4. The minimum Gasteiger partial charge on any atom is -0.472 e. The average molecular weight is 417 g/mol. The number of rotatable bonds is 4. The third kappa shape index (κ3) is 4.24. The maximum atomic E-state index is 12.6. The SMILES string of the molecule is OCc1cc(Br)ccc1N1CC[C@H](Oc2ccc(C(F)(F)F)cn2)C1. The topological polar surface area (TPSA) is 45.6 Å². The number of aromatic nitrogens is 1. The van der Waals surface area contributed by atoms with Crippen LogP contribution in [0.4, 0.5) is 18.9 Å². The summed E-state index contributed by atoms with van der Waals surface area (Å²) in [6, 6.07) is 7.90. The van der Waals surface area contributed by atoms with Crippen LogP contribution in [0.15, 0.2) is 41.0 Å². The smallest absolute Gasteiger partial charge is 0.417 e. The maximum Gasteiger partial charge on any atom is 0.417 e. The van der Waals surface area contributed by atoms with Crippen molar-refractivity contribution in [3.8, 4) is 5.88 Å². The van der Waals surface area contributed by atoms with Crippen LogP contribution in [0.2, 0.25) is 0 Å². The number of ether oxygens (including phenoxy) is 1. The molecule has 0 amide bonds. The lowest BCUT2D eigenvalue weighted by Gasteiger charge is -2.21. The maximum absolute atomic E-state index is 12.6. The van der Waals surface area contributed by atoms with Crippen LogP contribution in [-0.4, -0.2) is 29.3 Å². The van der Waals surface area contributed by atoms with Gasteiger partial charge in [-0.3, -0.25) is 0 Å². The summed E-state index contributed by atoms with van der Waals surface area (Å²) in [6.07, 6.45) is -3.07. The van der Waals surface area contributed by atoms with Gasteiger partial charge in [-0.15, -0.1) is 0 Å². The summed E-state index contributed by atoms with van der Waals surface area (Å²) in [5, 5.41) is 9.52. The van der Waals surface area contributed by atoms with Crippen LogP contribution in [-0.2, 0) is 12.8 Å². The molecule has 2 aromatic rings. The van der Waals surface area contributed by atoms with Gasteiger partial charge in [-0.1, -0.05) is 15.9 Å². The van der Waals surface area contributed by atoms with Gasteiger partial charge in [0.2, 0.25) is 5.88 Å². The zero-order valence-electron chi connectivity index (χ0n) is 13.1. The number of nitrogens with zero attached hydrogens (tertiary/aromatic N) is 2. The molecule has 0 radical (unpaired) electrons. The van der Waals surface area contributed by atoms with Gasteiger partial charge in [0.15, 0.2) is 0 Å². The van der Waals surface area contributed by atoms with E-state index >= 15 is 0 Å². The summed E-state index contributed by atoms with van der Waals surface area (Å²) < 4.78 is 44.2. The molecule has 1 saturated heterocycles. The summed E-state index contributed by atoms with van der Waals surface area (Å²) in [6.45, 7) is 1.24. The normalized spacial score (nSPS) is 17.8. The molecular formula is C17H16BrF3N2O2. The molecule has 134 valence electrons. The molecule has 0 unspecified atom stereocenters. The Hall–Kier alpha value is -1.80. The average Bonchev–Trinajstić information content (AvgIpc) is 3.02. The number of alkyl halides is 3. The number of aliphatic hydroxyl groups excluding tert-OH is 1. The van der Waals surface area contributed by atoms with Crippen molar-refractivity contribution in [2.75, 3.05) is 18.0 Å². The largest absolute Gasteiger partial charge is 0.472 e. The molecule has 0 bridgehead atoms. The Morgan fingerprint density at radius 3 is 2.72 bits per heavy atom. The van der Waals surface area contributed by atoms with Crippen molar-refractivity contribution in [1.29, 1.82) is 0 Å². The van der Waals surface area contributed by atoms with E-state index in [1.54, 1.807) is 0 Å². The highest BCUT2D eigenvalue weighted by molar-refractivity contribution is 9.10. The van der Waals surface area contributed by atoms with Crippen molar-refractivity contribution in [3.63, 3.8) is 0 Å². The fourth-order valence-corrected chi connectivity index (χ4v) is 3.23. The van der Waals surface area contributed by atoms with Crippen molar-refractivity contribution >= 4 is 21.6 Å². The van der Waals surface area contributed by atoms with E-state index in [9.17, 15) is 18.3 Å². The Kier molecular flexibility index (Phi) is 5.19.